The van der Waals surface area contributed by atoms with E-state index in [1.807, 2.05) is 47.2 Å². The van der Waals surface area contributed by atoms with Gasteiger partial charge in [0, 0.05) is 20.1 Å². The average Bonchev–Trinajstić information content (AvgIpc) is 2.58. The molecule has 0 radical (unpaired) electrons. The highest BCUT2D eigenvalue weighted by molar-refractivity contribution is 5.84. The SMILES string of the molecule is CN1CC2(CCN(CCC(F)(F)F)CC2)CC(c2ccccc2)C1=O. The molecule has 2 fully saturated rings. The van der Waals surface area contributed by atoms with Crippen LogP contribution in [0.1, 0.15) is 37.2 Å². The molecular weight excluding hydrogens is 329 g/mol. The molecule has 0 N–H and O–H groups in total. The van der Waals surface area contributed by atoms with Crippen molar-refractivity contribution in [1.29, 1.82) is 0 Å². The lowest BCUT2D eigenvalue weighted by atomic mass is 9.67. The van der Waals surface area contributed by atoms with E-state index in [-0.39, 0.29) is 23.8 Å². The maximum atomic E-state index is 12.6. The van der Waals surface area contributed by atoms with Gasteiger partial charge in [0.15, 0.2) is 0 Å². The summed E-state index contributed by atoms with van der Waals surface area (Å²) in [5, 5.41) is 0. The van der Waals surface area contributed by atoms with Crippen LogP contribution in [-0.4, -0.2) is 55.1 Å². The van der Waals surface area contributed by atoms with Gasteiger partial charge in [-0.3, -0.25) is 4.79 Å². The number of likely N-dealkylation sites (tertiary alicyclic amines) is 2. The lowest BCUT2D eigenvalue weighted by Gasteiger charge is -2.49. The van der Waals surface area contributed by atoms with Crippen LogP contribution in [0.2, 0.25) is 0 Å². The van der Waals surface area contributed by atoms with Gasteiger partial charge in [-0.05, 0) is 43.3 Å². The third kappa shape index (κ3) is 4.35. The minimum Gasteiger partial charge on any atom is -0.345 e. The summed E-state index contributed by atoms with van der Waals surface area (Å²) in [5.41, 5.74) is 1.07. The van der Waals surface area contributed by atoms with E-state index in [2.05, 4.69) is 0 Å². The number of carbonyl (C=O) groups is 1. The summed E-state index contributed by atoms with van der Waals surface area (Å²) in [5.74, 6) is 0.0120. The van der Waals surface area contributed by atoms with E-state index in [1.165, 1.54) is 0 Å². The first-order chi connectivity index (χ1) is 11.8. The smallest absolute Gasteiger partial charge is 0.345 e. The van der Waals surface area contributed by atoms with Crippen LogP contribution in [0, 0.1) is 5.41 Å². The molecule has 6 heteroatoms. The van der Waals surface area contributed by atoms with Crippen molar-refractivity contribution >= 4 is 5.91 Å². The van der Waals surface area contributed by atoms with E-state index in [9.17, 15) is 18.0 Å². The first-order valence-electron chi connectivity index (χ1n) is 8.87. The first-order valence-corrected chi connectivity index (χ1v) is 8.87. The Balaban J connectivity index is 1.65. The predicted molar refractivity (Wildman–Crippen MR) is 90.2 cm³/mol. The molecule has 1 aromatic carbocycles. The number of likely N-dealkylation sites (N-methyl/N-ethyl adjacent to an activating group) is 1. The molecule has 3 rings (SSSR count). The molecule has 0 aromatic heterocycles. The summed E-state index contributed by atoms with van der Waals surface area (Å²) in [7, 11) is 1.84. The molecule has 3 nitrogen and oxygen atoms in total. The topological polar surface area (TPSA) is 23.6 Å². The largest absolute Gasteiger partial charge is 0.390 e. The van der Waals surface area contributed by atoms with E-state index in [0.29, 0.717) is 19.6 Å². The number of carbonyl (C=O) groups excluding carboxylic acids is 1. The summed E-state index contributed by atoms with van der Waals surface area (Å²) in [6.07, 6.45) is -2.33. The van der Waals surface area contributed by atoms with Crippen molar-refractivity contribution in [2.45, 2.75) is 37.8 Å². The highest BCUT2D eigenvalue weighted by Crippen LogP contribution is 2.45. The van der Waals surface area contributed by atoms with E-state index < -0.39 is 12.6 Å². The Bertz CT molecular complexity index is 594. The third-order valence-electron chi connectivity index (χ3n) is 5.71. The van der Waals surface area contributed by atoms with Gasteiger partial charge in [-0.1, -0.05) is 30.3 Å². The average molecular weight is 354 g/mol. The van der Waals surface area contributed by atoms with E-state index in [0.717, 1.165) is 24.8 Å². The van der Waals surface area contributed by atoms with Crippen molar-refractivity contribution in [3.63, 3.8) is 0 Å². The highest BCUT2D eigenvalue weighted by atomic mass is 19.4. The zero-order valence-corrected chi connectivity index (χ0v) is 14.6. The van der Waals surface area contributed by atoms with Gasteiger partial charge in [0.05, 0.1) is 12.3 Å². The lowest BCUT2D eigenvalue weighted by molar-refractivity contribution is -0.143. The first kappa shape index (κ1) is 18.2. The zero-order valence-electron chi connectivity index (χ0n) is 14.6. The number of rotatable bonds is 3. The van der Waals surface area contributed by atoms with Crippen LogP contribution >= 0.6 is 0 Å². The van der Waals surface area contributed by atoms with Crippen molar-refractivity contribution in [3.05, 3.63) is 35.9 Å². The van der Waals surface area contributed by atoms with Crippen LogP contribution in [0.4, 0.5) is 13.2 Å². The number of nitrogens with zero attached hydrogens (tertiary/aromatic N) is 2. The summed E-state index contributed by atoms with van der Waals surface area (Å²) >= 11 is 0. The van der Waals surface area contributed by atoms with Gasteiger partial charge in [0.25, 0.3) is 0 Å². The van der Waals surface area contributed by atoms with Crippen molar-refractivity contribution in [1.82, 2.24) is 9.80 Å². The second-order valence-corrected chi connectivity index (χ2v) is 7.57. The fraction of sp³-hybridized carbons (Fsp3) is 0.632. The molecule has 0 aliphatic carbocycles. The van der Waals surface area contributed by atoms with Gasteiger partial charge >= 0.3 is 6.18 Å². The normalized spacial score (nSPS) is 24.7. The van der Waals surface area contributed by atoms with Crippen LogP contribution < -0.4 is 0 Å². The number of amides is 1. The van der Waals surface area contributed by atoms with Gasteiger partial charge in [-0.2, -0.15) is 13.2 Å². The van der Waals surface area contributed by atoms with E-state index in [4.69, 9.17) is 0 Å². The molecule has 0 saturated carbocycles. The number of piperidine rings is 2. The van der Waals surface area contributed by atoms with Crippen molar-refractivity contribution in [2.24, 2.45) is 5.41 Å². The molecule has 0 bridgehead atoms. The van der Waals surface area contributed by atoms with Gasteiger partial charge in [-0.15, -0.1) is 0 Å². The molecule has 25 heavy (non-hydrogen) atoms. The summed E-state index contributed by atoms with van der Waals surface area (Å²) < 4.78 is 37.3. The molecule has 1 amide bonds. The Labute approximate surface area is 146 Å². The van der Waals surface area contributed by atoms with Crippen molar-refractivity contribution in [2.75, 3.05) is 33.2 Å². The van der Waals surface area contributed by atoms with Gasteiger partial charge in [-0.25, -0.2) is 0 Å². The van der Waals surface area contributed by atoms with Gasteiger partial charge < -0.3 is 9.80 Å². The fourth-order valence-corrected chi connectivity index (χ4v) is 4.28. The van der Waals surface area contributed by atoms with Gasteiger partial charge in [0.1, 0.15) is 0 Å². The summed E-state index contributed by atoms with van der Waals surface area (Å²) in [4.78, 5) is 16.3. The molecule has 2 aliphatic rings. The monoisotopic (exact) mass is 354 g/mol. The second kappa shape index (κ2) is 6.98. The molecule has 1 spiro atoms. The van der Waals surface area contributed by atoms with Crippen LogP contribution in [0.15, 0.2) is 30.3 Å². The molecule has 138 valence electrons. The Hall–Kier alpha value is -1.56. The van der Waals surface area contributed by atoms with E-state index in [1.54, 1.807) is 0 Å². The summed E-state index contributed by atoms with van der Waals surface area (Å²) in [6, 6.07) is 9.82. The molecule has 1 aromatic rings. The molecule has 2 aliphatic heterocycles. The van der Waals surface area contributed by atoms with Crippen molar-refractivity contribution < 1.29 is 18.0 Å². The number of hydrogen-bond acceptors (Lipinski definition) is 2. The minimum absolute atomic E-state index is 0.0257. The maximum absolute atomic E-state index is 12.6. The van der Waals surface area contributed by atoms with Crippen LogP contribution in [0.25, 0.3) is 0 Å². The third-order valence-corrected chi connectivity index (χ3v) is 5.71. The maximum Gasteiger partial charge on any atom is 0.390 e. The Morgan fingerprint density at radius 2 is 1.80 bits per heavy atom. The van der Waals surface area contributed by atoms with Gasteiger partial charge in [0.2, 0.25) is 5.91 Å². The Kier molecular flexibility index (Phi) is 5.09. The Morgan fingerprint density at radius 3 is 2.40 bits per heavy atom. The number of halogens is 3. The molecule has 1 unspecified atom stereocenters. The molecule has 2 saturated heterocycles. The molecule has 1 atom stereocenters. The quantitative estimate of drug-likeness (QED) is 0.827. The van der Waals surface area contributed by atoms with Crippen LogP contribution in [0.5, 0.6) is 0 Å². The summed E-state index contributed by atoms with van der Waals surface area (Å²) in [6.45, 7) is 2.15. The zero-order chi connectivity index (χ0) is 18.1. The standard InChI is InChI=1S/C19H25F3N2O/c1-23-14-18(7-10-24(11-8-18)12-9-19(20,21)22)13-16(17(23)25)15-5-3-2-4-6-15/h2-6,16H,7-14H2,1H3. The minimum atomic E-state index is -4.09. The Morgan fingerprint density at radius 1 is 1.16 bits per heavy atom. The fourth-order valence-electron chi connectivity index (χ4n) is 4.28. The lowest BCUT2D eigenvalue weighted by Crippen LogP contribution is -2.53. The van der Waals surface area contributed by atoms with E-state index >= 15 is 0 Å². The predicted octanol–water partition coefficient (Wildman–Crippen LogP) is 3.67. The van der Waals surface area contributed by atoms with Crippen LogP contribution in [0.3, 0.4) is 0 Å². The van der Waals surface area contributed by atoms with Crippen molar-refractivity contribution in [3.8, 4) is 0 Å². The molecular formula is C19H25F3N2O. The van der Waals surface area contributed by atoms with Crippen LogP contribution in [-0.2, 0) is 4.79 Å². The second-order valence-electron chi connectivity index (χ2n) is 7.57. The number of hydrogen-bond donors (Lipinski definition) is 0. The number of benzene rings is 1. The molecule has 2 heterocycles. The highest BCUT2D eigenvalue weighted by Gasteiger charge is 2.45. The number of alkyl halides is 3.